The van der Waals surface area contributed by atoms with Crippen molar-refractivity contribution in [3.05, 3.63) is 28.2 Å². The van der Waals surface area contributed by atoms with Crippen molar-refractivity contribution in [2.45, 2.75) is 31.6 Å². The van der Waals surface area contributed by atoms with E-state index < -0.39 is 0 Å². The maximum atomic E-state index is 5.85. The fourth-order valence-corrected chi connectivity index (χ4v) is 3.48. The molecule has 18 heavy (non-hydrogen) atoms. The number of nitrogens with zero attached hydrogens (tertiary/aromatic N) is 1. The summed E-state index contributed by atoms with van der Waals surface area (Å²) in [7, 11) is 1.69. The smallest absolute Gasteiger partial charge is 0.133 e. The SMILES string of the molecule is COc1ccc(CN2CC3CCC(C2)O3)cc1Br. The van der Waals surface area contributed by atoms with Crippen molar-refractivity contribution >= 4 is 15.9 Å². The Kier molecular flexibility index (Phi) is 3.59. The van der Waals surface area contributed by atoms with Crippen molar-refractivity contribution in [1.82, 2.24) is 4.90 Å². The number of hydrogen-bond acceptors (Lipinski definition) is 3. The Hall–Kier alpha value is -0.580. The highest BCUT2D eigenvalue weighted by atomic mass is 79.9. The fraction of sp³-hybridized carbons (Fsp3) is 0.571. The summed E-state index contributed by atoms with van der Waals surface area (Å²) in [6, 6.07) is 6.31. The first-order valence-corrected chi connectivity index (χ1v) is 7.24. The topological polar surface area (TPSA) is 21.7 Å². The quantitative estimate of drug-likeness (QED) is 0.857. The van der Waals surface area contributed by atoms with Gasteiger partial charge in [-0.3, -0.25) is 4.90 Å². The fourth-order valence-electron chi connectivity index (χ4n) is 2.89. The lowest BCUT2D eigenvalue weighted by atomic mass is 10.2. The first-order valence-electron chi connectivity index (χ1n) is 6.45. The highest BCUT2D eigenvalue weighted by Crippen LogP contribution is 2.29. The molecule has 0 spiro atoms. The number of morpholine rings is 1. The van der Waals surface area contributed by atoms with Crippen LogP contribution in [0.2, 0.25) is 0 Å². The molecule has 2 atom stereocenters. The lowest BCUT2D eigenvalue weighted by Crippen LogP contribution is -2.41. The molecule has 2 saturated heterocycles. The number of fused-ring (bicyclic) bond motifs is 2. The Morgan fingerprint density at radius 1 is 1.33 bits per heavy atom. The Morgan fingerprint density at radius 2 is 2.06 bits per heavy atom. The third kappa shape index (κ3) is 2.56. The molecule has 0 aromatic heterocycles. The zero-order valence-corrected chi connectivity index (χ0v) is 12.1. The molecular formula is C14H18BrNO2. The summed E-state index contributed by atoms with van der Waals surface area (Å²) in [4.78, 5) is 2.50. The van der Waals surface area contributed by atoms with Gasteiger partial charge in [-0.25, -0.2) is 0 Å². The molecule has 0 saturated carbocycles. The van der Waals surface area contributed by atoms with E-state index in [1.807, 2.05) is 6.07 Å². The molecule has 1 aromatic carbocycles. The minimum atomic E-state index is 0.463. The predicted molar refractivity (Wildman–Crippen MR) is 73.9 cm³/mol. The second-order valence-corrected chi connectivity index (χ2v) is 5.97. The summed E-state index contributed by atoms with van der Waals surface area (Å²) >= 11 is 3.54. The van der Waals surface area contributed by atoms with Gasteiger partial charge in [0.05, 0.1) is 23.8 Å². The third-order valence-corrected chi connectivity index (χ3v) is 4.36. The van der Waals surface area contributed by atoms with E-state index in [0.717, 1.165) is 29.9 Å². The molecule has 2 bridgehead atoms. The van der Waals surface area contributed by atoms with Crippen LogP contribution in [0, 0.1) is 0 Å². The van der Waals surface area contributed by atoms with E-state index >= 15 is 0 Å². The molecule has 4 heteroatoms. The number of hydrogen-bond donors (Lipinski definition) is 0. The summed E-state index contributed by atoms with van der Waals surface area (Å²) in [6.45, 7) is 3.14. The molecule has 0 aliphatic carbocycles. The van der Waals surface area contributed by atoms with Gasteiger partial charge in [0, 0.05) is 19.6 Å². The Morgan fingerprint density at radius 3 is 2.67 bits per heavy atom. The van der Waals surface area contributed by atoms with Crippen molar-refractivity contribution in [2.24, 2.45) is 0 Å². The van der Waals surface area contributed by atoms with Crippen LogP contribution in [0.4, 0.5) is 0 Å². The average molecular weight is 312 g/mol. The highest BCUT2D eigenvalue weighted by molar-refractivity contribution is 9.10. The minimum Gasteiger partial charge on any atom is -0.496 e. The molecule has 98 valence electrons. The van der Waals surface area contributed by atoms with Crippen LogP contribution in [0.25, 0.3) is 0 Å². The maximum absolute atomic E-state index is 5.85. The molecule has 2 aliphatic rings. The van der Waals surface area contributed by atoms with Crippen LogP contribution < -0.4 is 4.74 Å². The van der Waals surface area contributed by atoms with Gasteiger partial charge in [-0.05, 0) is 46.5 Å². The number of methoxy groups -OCH3 is 1. The van der Waals surface area contributed by atoms with Crippen LogP contribution in [0.5, 0.6) is 5.75 Å². The molecule has 0 amide bonds. The Balaban J connectivity index is 1.67. The van der Waals surface area contributed by atoms with Crippen molar-refractivity contribution in [1.29, 1.82) is 0 Å². The van der Waals surface area contributed by atoms with Gasteiger partial charge in [0.2, 0.25) is 0 Å². The molecule has 3 rings (SSSR count). The molecule has 1 aromatic rings. The van der Waals surface area contributed by atoms with Crippen LogP contribution in [0.15, 0.2) is 22.7 Å². The van der Waals surface area contributed by atoms with E-state index in [0.29, 0.717) is 12.2 Å². The number of ether oxygens (including phenoxy) is 2. The van der Waals surface area contributed by atoms with Gasteiger partial charge >= 0.3 is 0 Å². The van der Waals surface area contributed by atoms with Crippen LogP contribution >= 0.6 is 15.9 Å². The average Bonchev–Trinajstić information content (AvgIpc) is 2.69. The summed E-state index contributed by atoms with van der Waals surface area (Å²) in [6.07, 6.45) is 3.39. The molecule has 2 fully saturated rings. The normalized spacial score (nSPS) is 27.4. The molecule has 2 heterocycles. The van der Waals surface area contributed by atoms with Crippen LogP contribution in [0.1, 0.15) is 18.4 Å². The van der Waals surface area contributed by atoms with E-state index in [2.05, 4.69) is 33.0 Å². The standard InChI is InChI=1S/C14H18BrNO2/c1-17-14-5-2-10(6-13(14)15)7-16-8-11-3-4-12(9-16)18-11/h2,5-6,11-12H,3-4,7-9H2,1H3. The highest BCUT2D eigenvalue weighted by Gasteiger charge is 2.33. The van der Waals surface area contributed by atoms with Gasteiger partial charge in [-0.2, -0.15) is 0 Å². The summed E-state index contributed by atoms with van der Waals surface area (Å²) in [5.74, 6) is 0.890. The molecule has 2 aliphatic heterocycles. The van der Waals surface area contributed by atoms with Crippen molar-refractivity contribution in [3.8, 4) is 5.75 Å². The zero-order chi connectivity index (χ0) is 12.5. The van der Waals surface area contributed by atoms with E-state index in [9.17, 15) is 0 Å². The minimum absolute atomic E-state index is 0.463. The van der Waals surface area contributed by atoms with Gasteiger partial charge < -0.3 is 9.47 Å². The summed E-state index contributed by atoms with van der Waals surface area (Å²) < 4.78 is 12.1. The first-order chi connectivity index (χ1) is 8.74. The largest absolute Gasteiger partial charge is 0.496 e. The lowest BCUT2D eigenvalue weighted by Gasteiger charge is -2.32. The number of rotatable bonds is 3. The maximum Gasteiger partial charge on any atom is 0.133 e. The molecular weight excluding hydrogens is 294 g/mol. The molecule has 0 radical (unpaired) electrons. The van der Waals surface area contributed by atoms with Gasteiger partial charge in [0.1, 0.15) is 5.75 Å². The number of halogens is 1. The van der Waals surface area contributed by atoms with Crippen LogP contribution in [0.3, 0.4) is 0 Å². The number of benzene rings is 1. The first kappa shape index (κ1) is 12.5. The third-order valence-electron chi connectivity index (χ3n) is 3.74. The molecule has 3 nitrogen and oxygen atoms in total. The van der Waals surface area contributed by atoms with E-state index in [1.165, 1.54) is 18.4 Å². The van der Waals surface area contributed by atoms with Gasteiger partial charge in [-0.1, -0.05) is 6.07 Å². The van der Waals surface area contributed by atoms with Crippen molar-refractivity contribution in [2.75, 3.05) is 20.2 Å². The van der Waals surface area contributed by atoms with E-state index in [4.69, 9.17) is 9.47 Å². The zero-order valence-electron chi connectivity index (χ0n) is 10.6. The second-order valence-electron chi connectivity index (χ2n) is 5.12. The Bertz CT molecular complexity index is 426. The van der Waals surface area contributed by atoms with Crippen molar-refractivity contribution in [3.63, 3.8) is 0 Å². The predicted octanol–water partition coefficient (Wildman–Crippen LogP) is 2.82. The van der Waals surface area contributed by atoms with Crippen LogP contribution in [-0.4, -0.2) is 37.3 Å². The van der Waals surface area contributed by atoms with Gasteiger partial charge in [-0.15, -0.1) is 0 Å². The second kappa shape index (κ2) is 5.19. The van der Waals surface area contributed by atoms with Crippen LogP contribution in [-0.2, 0) is 11.3 Å². The molecule has 2 unspecified atom stereocenters. The van der Waals surface area contributed by atoms with Gasteiger partial charge in [0.15, 0.2) is 0 Å². The Labute approximate surface area is 116 Å². The van der Waals surface area contributed by atoms with E-state index in [-0.39, 0.29) is 0 Å². The summed E-state index contributed by atoms with van der Waals surface area (Å²) in [5, 5.41) is 0. The lowest BCUT2D eigenvalue weighted by molar-refractivity contribution is -0.0410. The summed E-state index contributed by atoms with van der Waals surface area (Å²) in [5.41, 5.74) is 1.32. The monoisotopic (exact) mass is 311 g/mol. The molecule has 0 N–H and O–H groups in total. The van der Waals surface area contributed by atoms with Crippen molar-refractivity contribution < 1.29 is 9.47 Å². The number of likely N-dealkylation sites (tertiary alicyclic amines) is 1. The van der Waals surface area contributed by atoms with E-state index in [1.54, 1.807) is 7.11 Å². The van der Waals surface area contributed by atoms with Gasteiger partial charge in [0.25, 0.3) is 0 Å².